The molecular formula is CuGaInS2Se2. The van der Waals surface area contributed by atoms with Crippen LogP contribution in [0.3, 0.4) is 0 Å². The Morgan fingerprint density at radius 3 is 0.714 bits per heavy atom. The van der Waals surface area contributed by atoms with Gasteiger partial charge in [0.2, 0.25) is 0 Å². The van der Waals surface area contributed by atoms with Crippen LogP contribution in [0.4, 0.5) is 0 Å². The van der Waals surface area contributed by atoms with Crippen molar-refractivity contribution in [3.05, 3.63) is 0 Å². The van der Waals surface area contributed by atoms with Gasteiger partial charge in [0.05, 0.1) is 0 Å². The van der Waals surface area contributed by atoms with Crippen molar-refractivity contribution < 1.29 is 17.1 Å². The van der Waals surface area contributed by atoms with Crippen LogP contribution in [0.1, 0.15) is 0 Å². The Hall–Kier alpha value is 3.76. The van der Waals surface area contributed by atoms with Gasteiger partial charge in [0.1, 0.15) is 0 Å². The Balaban J connectivity index is 0. The molecular weight excluding hydrogens is 470 g/mol. The van der Waals surface area contributed by atoms with Gasteiger partial charge in [-0.2, -0.15) is 0 Å². The smallest absolute Gasteiger partial charge is 2.00 e. The summed E-state index contributed by atoms with van der Waals surface area (Å²) in [5, 5.41) is 0. The summed E-state index contributed by atoms with van der Waals surface area (Å²) in [5.74, 6) is 0. The molecule has 0 heterocycles. The molecule has 0 spiro atoms. The molecule has 0 saturated carbocycles. The molecule has 0 nitrogen and oxygen atoms in total. The molecule has 41 valence electrons. The van der Waals surface area contributed by atoms with Crippen molar-refractivity contribution in [2.24, 2.45) is 0 Å². The van der Waals surface area contributed by atoms with E-state index in [1.807, 2.05) is 0 Å². The average Bonchev–Trinajstić information content (AvgIpc) is 0. The minimum absolute atomic E-state index is 0. The molecule has 0 aromatic carbocycles. The van der Waals surface area contributed by atoms with E-state index in [1.165, 1.54) is 0 Å². The van der Waals surface area contributed by atoms with Crippen molar-refractivity contribution in [3.8, 4) is 0 Å². The van der Waals surface area contributed by atoms with Crippen molar-refractivity contribution in [2.45, 2.75) is 0 Å². The van der Waals surface area contributed by atoms with E-state index in [9.17, 15) is 0 Å². The second-order valence-electron chi connectivity index (χ2n) is 0. The molecule has 7 heteroatoms. The summed E-state index contributed by atoms with van der Waals surface area (Å²) in [6, 6.07) is 0. The van der Waals surface area contributed by atoms with Crippen LogP contribution in [-0.2, 0) is 44.1 Å². The van der Waals surface area contributed by atoms with Crippen LogP contribution in [0.5, 0.6) is 0 Å². The van der Waals surface area contributed by atoms with Crippen molar-refractivity contribution in [3.63, 3.8) is 0 Å². The van der Waals surface area contributed by atoms with Crippen LogP contribution in [0, 0.1) is 0 Å². The second kappa shape index (κ2) is 52.9. The minimum atomic E-state index is 0. The number of hydrogen-bond acceptors (Lipinski definition) is 0. The van der Waals surface area contributed by atoms with E-state index < -0.39 is 0 Å². The molecule has 0 bridgehead atoms. The van der Waals surface area contributed by atoms with E-state index in [0.717, 1.165) is 0 Å². The predicted octanol–water partition coefficient (Wildman–Crippen LogP) is -1.53. The van der Waals surface area contributed by atoms with Gasteiger partial charge in [-0.3, -0.25) is 0 Å². The first-order valence-electron chi connectivity index (χ1n) is 0. The van der Waals surface area contributed by atoms with E-state index in [-0.39, 0.29) is 124 Å². The van der Waals surface area contributed by atoms with E-state index in [1.54, 1.807) is 0 Å². The van der Waals surface area contributed by atoms with Crippen LogP contribution in [0.15, 0.2) is 0 Å². The van der Waals surface area contributed by atoms with Gasteiger partial charge in [0.15, 0.2) is 0 Å². The van der Waals surface area contributed by atoms with Gasteiger partial charge >= 0.3 is 62.7 Å². The maximum Gasteiger partial charge on any atom is 3.00 e. The van der Waals surface area contributed by atoms with Crippen LogP contribution < -0.4 is 0 Å². The molecule has 0 fully saturated rings. The Bertz CT molecular complexity index is 15.7. The van der Waals surface area contributed by atoms with Crippen molar-refractivity contribution >= 4 is 107 Å². The first-order chi connectivity index (χ1) is 0. The zero-order valence-corrected chi connectivity index (χ0v) is 14.8. The quantitative estimate of drug-likeness (QED) is 0.378. The standard InChI is InChI=1S/Cu.Ga.In.2S.2Se/q+2;2*+3;4*-2. The Morgan fingerprint density at radius 1 is 0.714 bits per heavy atom. The van der Waals surface area contributed by atoms with Gasteiger partial charge in [-0.05, 0) is 0 Å². The molecule has 0 amide bonds. The molecule has 0 aliphatic rings. The van der Waals surface area contributed by atoms with Gasteiger partial charge in [-0.25, -0.2) is 0 Å². The van der Waals surface area contributed by atoms with E-state index in [4.69, 9.17) is 0 Å². The summed E-state index contributed by atoms with van der Waals surface area (Å²) in [6.07, 6.45) is 0. The molecule has 0 N–H and O–H groups in total. The van der Waals surface area contributed by atoms with Crippen molar-refractivity contribution in [2.75, 3.05) is 0 Å². The minimum Gasteiger partial charge on any atom is -2.00 e. The molecule has 0 aliphatic carbocycles. The predicted molar refractivity (Wildman–Crippen MR) is 37.7 cm³/mol. The third-order valence-electron chi connectivity index (χ3n) is 0. The summed E-state index contributed by atoms with van der Waals surface area (Å²) < 4.78 is 0. The van der Waals surface area contributed by atoms with Gasteiger partial charge in [-0.15, -0.1) is 0 Å². The summed E-state index contributed by atoms with van der Waals surface area (Å²) in [5.41, 5.74) is 0. The second-order valence-corrected chi connectivity index (χ2v) is 0. The largest absolute Gasteiger partial charge is 3.00 e. The summed E-state index contributed by atoms with van der Waals surface area (Å²) in [4.78, 5) is 0. The fourth-order valence-corrected chi connectivity index (χ4v) is 0. The fourth-order valence-electron chi connectivity index (χ4n) is 0. The fraction of sp³-hybridized carbons (Fsp3) is 0. The molecule has 0 atom stereocenters. The molecule has 1 radical (unpaired) electrons. The normalized spacial score (nSPS) is 0. The molecule has 7 heavy (non-hydrogen) atoms. The molecule has 0 rings (SSSR count). The van der Waals surface area contributed by atoms with E-state index in [0.29, 0.717) is 0 Å². The van der Waals surface area contributed by atoms with Crippen molar-refractivity contribution in [1.82, 2.24) is 0 Å². The summed E-state index contributed by atoms with van der Waals surface area (Å²) in [6.45, 7) is 0. The first kappa shape index (κ1) is 72.4. The van der Waals surface area contributed by atoms with Crippen LogP contribution in [0.25, 0.3) is 0 Å². The zero-order chi connectivity index (χ0) is 0. The van der Waals surface area contributed by atoms with Gasteiger partial charge in [-0.1, -0.05) is 0 Å². The zero-order valence-electron chi connectivity index (χ0n) is 3.09. The van der Waals surface area contributed by atoms with Crippen LogP contribution >= 0.6 is 0 Å². The third-order valence-corrected chi connectivity index (χ3v) is 0. The van der Waals surface area contributed by atoms with Crippen molar-refractivity contribution in [1.29, 1.82) is 0 Å². The molecule has 0 unspecified atom stereocenters. The molecule has 0 aromatic heterocycles. The summed E-state index contributed by atoms with van der Waals surface area (Å²) in [7, 11) is 0. The van der Waals surface area contributed by atoms with Gasteiger partial charge < -0.3 is 61.1 Å². The maximum absolute atomic E-state index is 0. The Labute approximate surface area is 122 Å². The average molecular weight is 470 g/mol. The monoisotopic (exact) mass is 471 g/mol. The van der Waals surface area contributed by atoms with E-state index in [2.05, 4.69) is 0 Å². The number of hydrogen-bond donors (Lipinski definition) is 0. The third kappa shape index (κ3) is 41.5. The van der Waals surface area contributed by atoms with E-state index >= 15 is 0 Å². The Morgan fingerprint density at radius 2 is 0.714 bits per heavy atom. The first-order valence-corrected chi connectivity index (χ1v) is 0. The SMILES string of the molecule is [Cu+2].[Ga+3].[In+3].[S-2].[S-2].[Se-2].[Se-2]. The van der Waals surface area contributed by atoms with Crippen LogP contribution in [-0.4, -0.2) is 79.8 Å². The molecule has 0 aromatic rings. The summed E-state index contributed by atoms with van der Waals surface area (Å²) >= 11 is 0. The Kier molecular flexibility index (Phi) is 548. The maximum atomic E-state index is 0. The molecule has 0 aliphatic heterocycles. The van der Waals surface area contributed by atoms with Crippen LogP contribution in [0.2, 0.25) is 0 Å². The number of rotatable bonds is 0. The molecule has 0 saturated heterocycles. The van der Waals surface area contributed by atoms with Gasteiger partial charge in [0, 0.05) is 0 Å². The van der Waals surface area contributed by atoms with Gasteiger partial charge in [0.25, 0.3) is 0 Å². The topological polar surface area (TPSA) is 0 Å².